The summed E-state index contributed by atoms with van der Waals surface area (Å²) in [5.74, 6) is -0.589. The summed E-state index contributed by atoms with van der Waals surface area (Å²) < 4.78 is 52.8. The number of nitrogens with one attached hydrogen (secondary N) is 1. The second-order valence-corrected chi connectivity index (χ2v) is 4.66. The molecule has 1 heterocycles. The summed E-state index contributed by atoms with van der Waals surface area (Å²) in [7, 11) is 1.69. The zero-order valence-electron chi connectivity index (χ0n) is 11.5. The summed E-state index contributed by atoms with van der Waals surface area (Å²) in [5, 5.41) is 2.94. The van der Waals surface area contributed by atoms with Crippen LogP contribution in [0.4, 0.5) is 17.6 Å². The fourth-order valence-corrected chi connectivity index (χ4v) is 2.15. The highest BCUT2D eigenvalue weighted by Gasteiger charge is 2.34. The number of aromatic nitrogens is 1. The highest BCUT2D eigenvalue weighted by atomic mass is 19.4. The van der Waals surface area contributed by atoms with E-state index in [2.05, 4.69) is 10.3 Å². The van der Waals surface area contributed by atoms with E-state index in [1.165, 1.54) is 12.1 Å². The minimum atomic E-state index is -4.52. The summed E-state index contributed by atoms with van der Waals surface area (Å²) in [6, 6.07) is 4.50. The lowest BCUT2D eigenvalue weighted by Gasteiger charge is -2.19. The SMILES string of the molecule is CNC(C)c1ccc(F)cc1-c1cnccc1C(F)(F)F. The highest BCUT2D eigenvalue weighted by Crippen LogP contribution is 2.39. The fourth-order valence-electron chi connectivity index (χ4n) is 2.15. The van der Waals surface area contributed by atoms with Gasteiger partial charge in [0.2, 0.25) is 0 Å². The number of hydrogen-bond acceptors (Lipinski definition) is 2. The van der Waals surface area contributed by atoms with Gasteiger partial charge in [0.05, 0.1) is 5.56 Å². The van der Waals surface area contributed by atoms with E-state index in [1.807, 2.05) is 0 Å². The van der Waals surface area contributed by atoms with E-state index in [4.69, 9.17) is 0 Å². The van der Waals surface area contributed by atoms with Crippen LogP contribution in [0.25, 0.3) is 11.1 Å². The summed E-state index contributed by atoms with van der Waals surface area (Å²) >= 11 is 0. The molecule has 0 aliphatic heterocycles. The molecule has 0 aliphatic rings. The van der Waals surface area contributed by atoms with Gasteiger partial charge in [-0.15, -0.1) is 0 Å². The molecule has 0 amide bonds. The maximum Gasteiger partial charge on any atom is 0.417 e. The van der Waals surface area contributed by atoms with Gasteiger partial charge in [0.15, 0.2) is 0 Å². The Kier molecular flexibility index (Phi) is 4.27. The van der Waals surface area contributed by atoms with Crippen LogP contribution in [0.15, 0.2) is 36.7 Å². The number of halogens is 4. The lowest BCUT2D eigenvalue weighted by atomic mass is 9.93. The van der Waals surface area contributed by atoms with Crippen LogP contribution in [0.5, 0.6) is 0 Å². The van der Waals surface area contributed by atoms with Crippen LogP contribution < -0.4 is 5.32 Å². The van der Waals surface area contributed by atoms with Crippen molar-refractivity contribution in [2.24, 2.45) is 0 Å². The predicted octanol–water partition coefficient (Wildman–Crippen LogP) is 4.19. The standard InChI is InChI=1S/C15H14F4N2/c1-9(20-2)11-4-3-10(16)7-12(11)13-8-21-6-5-14(13)15(17,18)19/h3-9,20H,1-2H3. The second-order valence-electron chi connectivity index (χ2n) is 4.66. The van der Waals surface area contributed by atoms with Crippen molar-refractivity contribution in [2.75, 3.05) is 7.05 Å². The molecule has 2 nitrogen and oxygen atoms in total. The van der Waals surface area contributed by atoms with E-state index >= 15 is 0 Å². The molecule has 0 saturated carbocycles. The molecule has 2 aromatic rings. The first-order valence-electron chi connectivity index (χ1n) is 6.33. The molecule has 6 heteroatoms. The molecule has 1 N–H and O–H groups in total. The van der Waals surface area contributed by atoms with E-state index in [0.717, 1.165) is 24.5 Å². The molecule has 112 valence electrons. The molecule has 1 aromatic carbocycles. The van der Waals surface area contributed by atoms with E-state index in [-0.39, 0.29) is 17.2 Å². The van der Waals surface area contributed by atoms with E-state index in [9.17, 15) is 17.6 Å². The molecule has 0 aliphatic carbocycles. The van der Waals surface area contributed by atoms with Crippen molar-refractivity contribution in [1.29, 1.82) is 0 Å². The third-order valence-electron chi connectivity index (χ3n) is 3.33. The Morgan fingerprint density at radius 2 is 1.86 bits per heavy atom. The molecular formula is C15H14F4N2. The normalized spacial score (nSPS) is 13.2. The van der Waals surface area contributed by atoms with Crippen molar-refractivity contribution in [3.63, 3.8) is 0 Å². The molecule has 0 bridgehead atoms. The maximum absolute atomic E-state index is 13.5. The van der Waals surface area contributed by atoms with E-state index in [1.54, 1.807) is 14.0 Å². The van der Waals surface area contributed by atoms with Crippen LogP contribution in [0.1, 0.15) is 24.1 Å². The lowest BCUT2D eigenvalue weighted by molar-refractivity contribution is -0.137. The summed E-state index contributed by atoms with van der Waals surface area (Å²) in [6.07, 6.45) is -2.33. The molecule has 21 heavy (non-hydrogen) atoms. The molecule has 0 saturated heterocycles. The van der Waals surface area contributed by atoms with Crippen molar-refractivity contribution in [2.45, 2.75) is 19.1 Å². The zero-order chi connectivity index (χ0) is 15.6. The molecule has 1 atom stereocenters. The lowest BCUT2D eigenvalue weighted by Crippen LogP contribution is -2.15. The first-order valence-corrected chi connectivity index (χ1v) is 6.33. The fraction of sp³-hybridized carbons (Fsp3) is 0.267. The average Bonchev–Trinajstić information content (AvgIpc) is 2.45. The smallest absolute Gasteiger partial charge is 0.313 e. The highest BCUT2D eigenvalue weighted by molar-refractivity contribution is 5.71. The minimum Gasteiger partial charge on any atom is -0.313 e. The number of rotatable bonds is 3. The third-order valence-corrected chi connectivity index (χ3v) is 3.33. The summed E-state index contributed by atoms with van der Waals surface area (Å²) in [5.41, 5.74) is -0.177. The van der Waals surface area contributed by atoms with Gasteiger partial charge in [-0.3, -0.25) is 4.98 Å². The molecule has 2 rings (SSSR count). The van der Waals surface area contributed by atoms with Gasteiger partial charge in [-0.1, -0.05) is 6.07 Å². The predicted molar refractivity (Wildman–Crippen MR) is 72.1 cm³/mol. The Morgan fingerprint density at radius 1 is 1.14 bits per heavy atom. The number of pyridine rings is 1. The monoisotopic (exact) mass is 298 g/mol. The van der Waals surface area contributed by atoms with Gasteiger partial charge in [-0.25, -0.2) is 4.39 Å². The van der Waals surface area contributed by atoms with Gasteiger partial charge < -0.3 is 5.32 Å². The van der Waals surface area contributed by atoms with Crippen molar-refractivity contribution >= 4 is 0 Å². The Hall–Kier alpha value is -1.95. The molecule has 0 fully saturated rings. The first kappa shape index (κ1) is 15.4. The number of alkyl halides is 3. The van der Waals surface area contributed by atoms with Gasteiger partial charge >= 0.3 is 6.18 Å². The molecule has 1 aromatic heterocycles. The Balaban J connectivity index is 2.70. The Bertz CT molecular complexity index is 638. The first-order chi connectivity index (χ1) is 9.84. The van der Waals surface area contributed by atoms with Gasteiger partial charge in [0.1, 0.15) is 5.82 Å². The largest absolute Gasteiger partial charge is 0.417 e. The second kappa shape index (κ2) is 5.81. The number of hydrogen-bond donors (Lipinski definition) is 1. The van der Waals surface area contributed by atoms with Gasteiger partial charge in [0.25, 0.3) is 0 Å². The zero-order valence-corrected chi connectivity index (χ0v) is 11.5. The van der Waals surface area contributed by atoms with Crippen LogP contribution in [-0.4, -0.2) is 12.0 Å². The van der Waals surface area contributed by atoms with Gasteiger partial charge in [-0.05, 0) is 43.3 Å². The molecule has 0 radical (unpaired) electrons. The quantitative estimate of drug-likeness (QED) is 0.860. The molecular weight excluding hydrogens is 284 g/mol. The number of benzene rings is 1. The minimum absolute atomic E-state index is 0.124. The van der Waals surface area contributed by atoms with E-state index < -0.39 is 17.6 Å². The van der Waals surface area contributed by atoms with Crippen LogP contribution >= 0.6 is 0 Å². The average molecular weight is 298 g/mol. The van der Waals surface area contributed by atoms with Crippen molar-refractivity contribution in [3.05, 3.63) is 53.6 Å². The van der Waals surface area contributed by atoms with Gasteiger partial charge in [0, 0.05) is 24.0 Å². The summed E-state index contributed by atoms with van der Waals surface area (Å²) in [6.45, 7) is 1.79. The maximum atomic E-state index is 13.5. The van der Waals surface area contributed by atoms with Crippen molar-refractivity contribution < 1.29 is 17.6 Å². The van der Waals surface area contributed by atoms with Crippen LogP contribution in [0, 0.1) is 5.82 Å². The van der Waals surface area contributed by atoms with Crippen molar-refractivity contribution in [1.82, 2.24) is 10.3 Å². The number of nitrogens with zero attached hydrogens (tertiary/aromatic N) is 1. The van der Waals surface area contributed by atoms with E-state index in [0.29, 0.717) is 5.56 Å². The Morgan fingerprint density at radius 3 is 2.48 bits per heavy atom. The summed E-state index contributed by atoms with van der Waals surface area (Å²) in [4.78, 5) is 3.75. The Labute approximate surface area is 119 Å². The molecule has 0 spiro atoms. The van der Waals surface area contributed by atoms with Crippen LogP contribution in [0.2, 0.25) is 0 Å². The molecule has 1 unspecified atom stereocenters. The third kappa shape index (κ3) is 3.21. The van der Waals surface area contributed by atoms with Crippen LogP contribution in [0.3, 0.4) is 0 Å². The topological polar surface area (TPSA) is 24.9 Å². The van der Waals surface area contributed by atoms with Crippen molar-refractivity contribution in [3.8, 4) is 11.1 Å². The van der Waals surface area contributed by atoms with Gasteiger partial charge in [-0.2, -0.15) is 13.2 Å². The van der Waals surface area contributed by atoms with Crippen LogP contribution in [-0.2, 0) is 6.18 Å².